The van der Waals surface area contributed by atoms with Crippen LogP contribution in [-0.2, 0) is 24.1 Å². The maximum absolute atomic E-state index is 10.8. The lowest BCUT2D eigenvalue weighted by molar-refractivity contribution is 0.334. The summed E-state index contributed by atoms with van der Waals surface area (Å²) in [5.74, 6) is 0. The fourth-order valence-corrected chi connectivity index (χ4v) is 1.43. The lowest BCUT2D eigenvalue weighted by Crippen LogP contribution is -2.03. The Kier molecular flexibility index (Phi) is 11.6. The van der Waals surface area contributed by atoms with E-state index < -0.39 is 8.77 Å². The molecule has 0 spiro atoms. The van der Waals surface area contributed by atoms with Gasteiger partial charge in [-0.2, -0.15) is 0 Å². The molecule has 0 bridgehead atoms. The molecule has 0 aromatic carbocycles. The van der Waals surface area contributed by atoms with Crippen molar-refractivity contribution in [3.05, 3.63) is 0 Å². The molecule has 0 amide bonds. The molecule has 1 unspecified atom stereocenters. The molecular formula is C7H18BrNO2S2. The largest absolute Gasteiger partial charge is 0.330 e. The SMILES string of the molecule is Br.CS(=O)(=S)OCCCCCCN. The van der Waals surface area contributed by atoms with Gasteiger partial charge in [0.1, 0.15) is 8.77 Å². The molecule has 0 fully saturated rings. The molecule has 0 aliphatic heterocycles. The van der Waals surface area contributed by atoms with Crippen LogP contribution >= 0.6 is 17.0 Å². The normalized spacial score (nSPS) is 14.6. The van der Waals surface area contributed by atoms with Gasteiger partial charge < -0.3 is 5.73 Å². The van der Waals surface area contributed by atoms with Crippen LogP contribution in [0.15, 0.2) is 0 Å². The average Bonchev–Trinajstić information content (AvgIpc) is 1.94. The molecule has 0 saturated heterocycles. The van der Waals surface area contributed by atoms with Crippen molar-refractivity contribution >= 4 is 36.9 Å². The van der Waals surface area contributed by atoms with Gasteiger partial charge in [-0.05, 0) is 19.4 Å². The number of hydrogen-bond acceptors (Lipinski definition) is 4. The van der Waals surface area contributed by atoms with E-state index in [1.807, 2.05) is 0 Å². The quantitative estimate of drug-likeness (QED) is 0.721. The van der Waals surface area contributed by atoms with Gasteiger partial charge in [-0.15, -0.1) is 17.0 Å². The van der Waals surface area contributed by atoms with Crippen molar-refractivity contribution in [2.24, 2.45) is 5.73 Å². The van der Waals surface area contributed by atoms with E-state index in [4.69, 9.17) is 9.92 Å². The van der Waals surface area contributed by atoms with Crippen LogP contribution in [0.2, 0.25) is 0 Å². The van der Waals surface area contributed by atoms with Gasteiger partial charge in [0.15, 0.2) is 0 Å². The van der Waals surface area contributed by atoms with E-state index >= 15 is 0 Å². The Balaban J connectivity index is 0. The highest BCUT2D eigenvalue weighted by Gasteiger charge is 1.96. The summed E-state index contributed by atoms with van der Waals surface area (Å²) < 4.78 is 15.8. The number of nitrogens with two attached hydrogens (primary N) is 1. The molecular weight excluding hydrogens is 274 g/mol. The molecule has 2 N–H and O–H groups in total. The molecule has 0 saturated carbocycles. The molecule has 0 heterocycles. The van der Waals surface area contributed by atoms with Crippen molar-refractivity contribution in [3.63, 3.8) is 0 Å². The Bertz CT molecular complexity index is 195. The van der Waals surface area contributed by atoms with Crippen LogP contribution in [0.3, 0.4) is 0 Å². The molecule has 0 rings (SSSR count). The van der Waals surface area contributed by atoms with Gasteiger partial charge in [-0.1, -0.05) is 12.8 Å². The predicted octanol–water partition coefficient (Wildman–Crippen LogP) is 1.39. The van der Waals surface area contributed by atoms with Gasteiger partial charge in [0.2, 0.25) is 0 Å². The summed E-state index contributed by atoms with van der Waals surface area (Å²) >= 11 is 4.57. The average molecular weight is 292 g/mol. The minimum atomic E-state index is -2.41. The van der Waals surface area contributed by atoms with E-state index in [1.165, 1.54) is 6.26 Å². The van der Waals surface area contributed by atoms with Gasteiger partial charge in [-0.3, -0.25) is 4.18 Å². The third-order valence-electron chi connectivity index (χ3n) is 1.40. The topological polar surface area (TPSA) is 52.3 Å². The lowest BCUT2D eigenvalue weighted by atomic mass is 10.2. The first-order valence-electron chi connectivity index (χ1n) is 4.11. The summed E-state index contributed by atoms with van der Waals surface area (Å²) in [5, 5.41) is 0. The van der Waals surface area contributed by atoms with E-state index in [0.29, 0.717) is 6.61 Å². The maximum Gasteiger partial charge on any atom is 0.141 e. The monoisotopic (exact) mass is 291 g/mol. The van der Waals surface area contributed by atoms with Crippen LogP contribution in [0.25, 0.3) is 0 Å². The minimum Gasteiger partial charge on any atom is -0.330 e. The molecule has 3 nitrogen and oxygen atoms in total. The summed E-state index contributed by atoms with van der Waals surface area (Å²) in [5.41, 5.74) is 5.32. The molecule has 0 aliphatic rings. The fourth-order valence-electron chi connectivity index (χ4n) is 0.810. The van der Waals surface area contributed by atoms with Crippen LogP contribution in [-0.4, -0.2) is 23.6 Å². The molecule has 1 atom stereocenters. The first-order valence-corrected chi connectivity index (χ1v) is 6.92. The smallest absolute Gasteiger partial charge is 0.141 e. The first-order chi connectivity index (χ1) is 5.56. The number of unbranched alkanes of at least 4 members (excludes halogenated alkanes) is 3. The van der Waals surface area contributed by atoms with Crippen LogP contribution in [0.1, 0.15) is 25.7 Å². The summed E-state index contributed by atoms with van der Waals surface area (Å²) in [6.07, 6.45) is 5.59. The molecule has 0 radical (unpaired) electrons. The zero-order valence-corrected chi connectivity index (χ0v) is 11.2. The van der Waals surface area contributed by atoms with Crippen LogP contribution in [0.4, 0.5) is 0 Å². The molecule has 6 heteroatoms. The van der Waals surface area contributed by atoms with E-state index in [2.05, 4.69) is 11.2 Å². The molecule has 0 aliphatic carbocycles. The summed E-state index contributed by atoms with van der Waals surface area (Å²) in [4.78, 5) is 0. The predicted molar refractivity (Wildman–Crippen MR) is 65.2 cm³/mol. The van der Waals surface area contributed by atoms with E-state index in [9.17, 15) is 4.21 Å². The highest BCUT2D eigenvalue weighted by Crippen LogP contribution is 2.00. The van der Waals surface area contributed by atoms with Gasteiger partial charge >= 0.3 is 0 Å². The standard InChI is InChI=1S/C7H17NO2S2.BrH/c1-12(9,11)10-7-5-3-2-4-6-8;/h2-8H2,1H3;1H. The maximum atomic E-state index is 10.8. The second kappa shape index (κ2) is 9.33. The highest BCUT2D eigenvalue weighted by molar-refractivity contribution is 8.93. The summed E-state index contributed by atoms with van der Waals surface area (Å²) in [7, 11) is -2.41. The Labute approximate surface area is 96.1 Å². The van der Waals surface area contributed by atoms with E-state index in [-0.39, 0.29) is 17.0 Å². The third-order valence-corrected chi connectivity index (χ3v) is 2.28. The van der Waals surface area contributed by atoms with Crippen molar-refractivity contribution in [1.82, 2.24) is 0 Å². The molecule has 13 heavy (non-hydrogen) atoms. The van der Waals surface area contributed by atoms with Crippen molar-refractivity contribution in [1.29, 1.82) is 0 Å². The zero-order valence-electron chi connectivity index (χ0n) is 7.86. The molecule has 0 aromatic rings. The Hall–Kier alpha value is 0.770. The zero-order chi connectivity index (χ0) is 9.45. The third kappa shape index (κ3) is 15.5. The van der Waals surface area contributed by atoms with Crippen molar-refractivity contribution in [2.45, 2.75) is 25.7 Å². The van der Waals surface area contributed by atoms with Crippen LogP contribution in [0, 0.1) is 0 Å². The number of rotatable bonds is 7. The number of hydrogen-bond donors (Lipinski definition) is 1. The lowest BCUT2D eigenvalue weighted by Gasteiger charge is -2.02. The molecule has 82 valence electrons. The van der Waals surface area contributed by atoms with Crippen LogP contribution < -0.4 is 5.73 Å². The Morgan fingerprint density at radius 1 is 1.31 bits per heavy atom. The summed E-state index contributed by atoms with van der Waals surface area (Å²) in [6, 6.07) is 0. The van der Waals surface area contributed by atoms with Gasteiger partial charge in [0, 0.05) is 17.4 Å². The van der Waals surface area contributed by atoms with Gasteiger partial charge in [-0.25, -0.2) is 4.21 Å². The fraction of sp³-hybridized carbons (Fsp3) is 1.00. The van der Waals surface area contributed by atoms with Crippen LogP contribution in [0.5, 0.6) is 0 Å². The second-order valence-corrected chi connectivity index (χ2v) is 6.19. The first kappa shape index (κ1) is 16.2. The van der Waals surface area contributed by atoms with E-state index in [0.717, 1.165) is 32.2 Å². The van der Waals surface area contributed by atoms with Gasteiger partial charge in [0.25, 0.3) is 0 Å². The number of halogens is 1. The second-order valence-electron chi connectivity index (χ2n) is 2.73. The van der Waals surface area contributed by atoms with Crippen molar-refractivity contribution < 1.29 is 8.39 Å². The van der Waals surface area contributed by atoms with Crippen molar-refractivity contribution in [3.8, 4) is 0 Å². The van der Waals surface area contributed by atoms with Gasteiger partial charge in [0.05, 0.1) is 6.61 Å². The van der Waals surface area contributed by atoms with Crippen molar-refractivity contribution in [2.75, 3.05) is 19.4 Å². The Morgan fingerprint density at radius 2 is 1.85 bits per heavy atom. The van der Waals surface area contributed by atoms with E-state index in [1.54, 1.807) is 0 Å². The summed E-state index contributed by atoms with van der Waals surface area (Å²) in [6.45, 7) is 1.25. The Morgan fingerprint density at radius 3 is 2.31 bits per heavy atom. The highest BCUT2D eigenvalue weighted by atomic mass is 79.9. The minimum absolute atomic E-state index is 0. The molecule has 0 aromatic heterocycles.